The molecule has 5 rings (SSSR count). The van der Waals surface area contributed by atoms with Crippen molar-refractivity contribution in [1.29, 1.82) is 0 Å². The molecule has 0 spiro atoms. The first kappa shape index (κ1) is 20.0. The molecule has 1 N–H and O–H groups in total. The Kier molecular flexibility index (Phi) is 5.15. The van der Waals surface area contributed by atoms with Crippen LogP contribution in [-0.4, -0.2) is 25.4 Å². The number of nitrogens with one attached hydrogen (secondary N) is 1. The van der Waals surface area contributed by atoms with Crippen LogP contribution in [0.15, 0.2) is 41.7 Å². The highest BCUT2D eigenvalue weighted by Crippen LogP contribution is 2.33. The summed E-state index contributed by atoms with van der Waals surface area (Å²) in [6.45, 7) is 0.703. The van der Waals surface area contributed by atoms with E-state index in [9.17, 15) is 13.6 Å². The van der Waals surface area contributed by atoms with Gasteiger partial charge < -0.3 is 5.32 Å². The predicted octanol–water partition coefficient (Wildman–Crippen LogP) is 3.17. The maximum atomic E-state index is 13.9. The Morgan fingerprint density at radius 1 is 1.32 bits per heavy atom. The van der Waals surface area contributed by atoms with Gasteiger partial charge in [0.2, 0.25) is 0 Å². The third-order valence-corrected chi connectivity index (χ3v) is 6.90. The molecule has 31 heavy (non-hydrogen) atoms. The Hall–Kier alpha value is -2.91. The molecule has 0 aliphatic heterocycles. The minimum absolute atomic E-state index is 0.0282. The van der Waals surface area contributed by atoms with Gasteiger partial charge in [-0.3, -0.25) is 14.0 Å². The van der Waals surface area contributed by atoms with Gasteiger partial charge in [-0.05, 0) is 43.0 Å². The fourth-order valence-electron chi connectivity index (χ4n) is 4.17. The van der Waals surface area contributed by atoms with Crippen molar-refractivity contribution in [2.24, 2.45) is 7.05 Å². The van der Waals surface area contributed by atoms with E-state index in [4.69, 9.17) is 0 Å². The second kappa shape index (κ2) is 7.97. The lowest BCUT2D eigenvalue weighted by Gasteiger charge is -2.23. The second-order valence-corrected chi connectivity index (χ2v) is 9.02. The lowest BCUT2D eigenvalue weighted by molar-refractivity contribution is 0.454. The van der Waals surface area contributed by atoms with Gasteiger partial charge in [0.05, 0.1) is 24.5 Å². The van der Waals surface area contributed by atoms with Crippen molar-refractivity contribution in [1.82, 2.24) is 24.6 Å². The summed E-state index contributed by atoms with van der Waals surface area (Å²) >= 11 is 1.55. The first-order valence-electron chi connectivity index (χ1n) is 10.1. The average Bonchev–Trinajstić information content (AvgIpc) is 3.33. The topological polar surface area (TPSA) is 64.7 Å². The molecule has 1 aromatic carbocycles. The van der Waals surface area contributed by atoms with E-state index in [2.05, 4.69) is 15.4 Å². The van der Waals surface area contributed by atoms with Crippen LogP contribution in [0, 0.1) is 11.6 Å². The van der Waals surface area contributed by atoms with E-state index in [1.807, 2.05) is 13.2 Å². The van der Waals surface area contributed by atoms with Crippen LogP contribution < -0.4 is 10.9 Å². The molecule has 0 saturated carbocycles. The lowest BCUT2D eigenvalue weighted by Crippen LogP contribution is -2.34. The van der Waals surface area contributed by atoms with Gasteiger partial charge in [-0.25, -0.2) is 13.8 Å². The van der Waals surface area contributed by atoms with Crippen LogP contribution >= 0.6 is 11.3 Å². The zero-order chi connectivity index (χ0) is 21.5. The van der Waals surface area contributed by atoms with Crippen LogP contribution in [0.2, 0.25) is 0 Å². The highest BCUT2D eigenvalue weighted by molar-refractivity contribution is 7.18. The summed E-state index contributed by atoms with van der Waals surface area (Å²) in [6.07, 6.45) is 7.56. The molecule has 3 heterocycles. The number of benzene rings is 1. The fourth-order valence-corrected chi connectivity index (χ4v) is 5.43. The average molecular weight is 442 g/mol. The largest absolute Gasteiger partial charge is 0.309 e. The smallest absolute Gasteiger partial charge is 0.262 e. The zero-order valence-corrected chi connectivity index (χ0v) is 17.8. The number of rotatable bonds is 5. The normalized spacial score (nSPS) is 16.0. The minimum Gasteiger partial charge on any atom is -0.309 e. The van der Waals surface area contributed by atoms with E-state index in [1.54, 1.807) is 33.1 Å². The Bertz CT molecular complexity index is 1330. The third-order valence-electron chi connectivity index (χ3n) is 5.74. The summed E-state index contributed by atoms with van der Waals surface area (Å²) < 4.78 is 30.6. The summed E-state index contributed by atoms with van der Waals surface area (Å²) in [5, 5.41) is 8.20. The van der Waals surface area contributed by atoms with Crippen LogP contribution in [0.25, 0.3) is 10.2 Å². The van der Waals surface area contributed by atoms with Crippen molar-refractivity contribution in [3.05, 3.63) is 80.5 Å². The maximum Gasteiger partial charge on any atom is 0.262 e. The number of aromatic nitrogens is 4. The van der Waals surface area contributed by atoms with E-state index >= 15 is 0 Å². The minimum atomic E-state index is -0.442. The molecule has 0 fully saturated rings. The molecule has 3 aromatic heterocycles. The second-order valence-electron chi connectivity index (χ2n) is 7.94. The van der Waals surface area contributed by atoms with E-state index in [0.29, 0.717) is 17.5 Å². The number of hydrogen-bond acceptors (Lipinski definition) is 5. The van der Waals surface area contributed by atoms with Crippen LogP contribution in [0.3, 0.4) is 0 Å². The highest BCUT2D eigenvalue weighted by atomic mass is 32.1. The van der Waals surface area contributed by atoms with Crippen molar-refractivity contribution in [3.63, 3.8) is 0 Å². The molecular weight excluding hydrogens is 420 g/mol. The first-order valence-corrected chi connectivity index (χ1v) is 10.9. The maximum absolute atomic E-state index is 13.9. The lowest BCUT2D eigenvalue weighted by atomic mass is 9.93. The molecule has 0 amide bonds. The summed E-state index contributed by atoms with van der Waals surface area (Å²) in [6, 6.07) is 3.64. The highest BCUT2D eigenvalue weighted by Gasteiger charge is 2.25. The van der Waals surface area contributed by atoms with Crippen LogP contribution in [-0.2, 0) is 33.0 Å². The standard InChI is InChI=1S/C22H21F2N5OS/c1-28-10-13(8-27-28)11-29-12-26-21-20(22(29)30)17-4-3-16(7-19(17)31-21)25-9-14-6-15(23)2-5-18(14)24/h2,5-6,8,10,12,16,25H,3-4,7,9,11H2,1H3/t16-/m0/s1. The van der Waals surface area contributed by atoms with E-state index < -0.39 is 11.6 Å². The van der Waals surface area contributed by atoms with Gasteiger partial charge in [0.25, 0.3) is 5.56 Å². The molecule has 1 atom stereocenters. The van der Waals surface area contributed by atoms with E-state index in [0.717, 1.165) is 52.2 Å². The number of thiophene rings is 1. The van der Waals surface area contributed by atoms with Gasteiger partial charge in [-0.2, -0.15) is 5.10 Å². The number of nitrogens with zero attached hydrogens (tertiary/aromatic N) is 4. The molecule has 0 bridgehead atoms. The van der Waals surface area contributed by atoms with E-state index in [1.165, 1.54) is 6.07 Å². The molecule has 9 heteroatoms. The van der Waals surface area contributed by atoms with Crippen LogP contribution in [0.4, 0.5) is 8.78 Å². The number of fused-ring (bicyclic) bond motifs is 3. The molecule has 1 aliphatic rings. The summed E-state index contributed by atoms with van der Waals surface area (Å²) in [5.74, 6) is -0.854. The molecule has 0 radical (unpaired) electrons. The number of halogens is 2. The van der Waals surface area contributed by atoms with Crippen molar-refractivity contribution in [3.8, 4) is 0 Å². The van der Waals surface area contributed by atoms with Gasteiger partial charge in [-0.15, -0.1) is 11.3 Å². The zero-order valence-electron chi connectivity index (χ0n) is 16.9. The summed E-state index contributed by atoms with van der Waals surface area (Å²) in [7, 11) is 1.84. The molecule has 0 saturated heterocycles. The molecule has 160 valence electrons. The Morgan fingerprint density at radius 2 is 2.19 bits per heavy atom. The van der Waals surface area contributed by atoms with Gasteiger partial charge in [0.15, 0.2) is 0 Å². The first-order chi connectivity index (χ1) is 15.0. The molecular formula is C22H21F2N5OS. The monoisotopic (exact) mass is 441 g/mol. The molecule has 0 unspecified atom stereocenters. The van der Waals surface area contributed by atoms with Gasteiger partial charge >= 0.3 is 0 Å². The third kappa shape index (κ3) is 3.90. The van der Waals surface area contributed by atoms with Gasteiger partial charge in [0, 0.05) is 41.8 Å². The van der Waals surface area contributed by atoms with Crippen molar-refractivity contribution < 1.29 is 8.78 Å². The molecule has 1 aliphatic carbocycles. The predicted molar refractivity (Wildman–Crippen MR) is 115 cm³/mol. The molecule has 6 nitrogen and oxygen atoms in total. The van der Waals surface area contributed by atoms with Crippen molar-refractivity contribution in [2.45, 2.75) is 38.4 Å². The summed E-state index contributed by atoms with van der Waals surface area (Å²) in [5.41, 5.74) is 2.32. The van der Waals surface area contributed by atoms with Gasteiger partial charge in [0.1, 0.15) is 16.5 Å². The molecule has 4 aromatic rings. The Morgan fingerprint density at radius 3 is 3.00 bits per heavy atom. The van der Waals surface area contributed by atoms with E-state index in [-0.39, 0.29) is 18.1 Å². The summed E-state index contributed by atoms with van der Waals surface area (Å²) in [4.78, 5) is 19.6. The van der Waals surface area contributed by atoms with Gasteiger partial charge in [-0.1, -0.05) is 0 Å². The fraction of sp³-hybridized carbons (Fsp3) is 0.318. The van der Waals surface area contributed by atoms with Crippen molar-refractivity contribution >= 4 is 21.6 Å². The van der Waals surface area contributed by atoms with Crippen molar-refractivity contribution in [2.75, 3.05) is 0 Å². The number of hydrogen-bond donors (Lipinski definition) is 1. The quantitative estimate of drug-likeness (QED) is 0.517. The van der Waals surface area contributed by atoms with Crippen LogP contribution in [0.1, 0.15) is 28.0 Å². The van der Waals surface area contributed by atoms with Crippen LogP contribution in [0.5, 0.6) is 0 Å². The Balaban J connectivity index is 1.36. The Labute approximate surface area is 181 Å². The number of aryl methyl sites for hydroxylation is 2. The SMILES string of the molecule is Cn1cc(Cn2cnc3sc4c(c3c2=O)CC[C@H](NCc2cc(F)ccc2F)C4)cn1.